The fraction of sp³-hybridized carbons (Fsp3) is 0.591. The molecule has 1 heterocycles. The average molecular weight is 386 g/mol. The van der Waals surface area contributed by atoms with Gasteiger partial charge in [0.25, 0.3) is 0 Å². The van der Waals surface area contributed by atoms with Gasteiger partial charge in [-0.05, 0) is 30.9 Å². The molecule has 1 unspecified atom stereocenters. The highest BCUT2D eigenvalue weighted by Gasteiger charge is 2.43. The van der Waals surface area contributed by atoms with E-state index in [2.05, 4.69) is 10.6 Å². The van der Waals surface area contributed by atoms with Gasteiger partial charge in [0, 0.05) is 12.5 Å². The minimum Gasteiger partial charge on any atom is -0.347 e. The van der Waals surface area contributed by atoms with Crippen molar-refractivity contribution in [3.63, 3.8) is 0 Å². The van der Waals surface area contributed by atoms with Gasteiger partial charge in [0.2, 0.25) is 17.7 Å². The van der Waals surface area contributed by atoms with Crippen LogP contribution in [-0.4, -0.2) is 47.3 Å². The Labute approximate surface area is 167 Å². The quantitative estimate of drug-likeness (QED) is 0.832. The molecule has 6 nitrogen and oxygen atoms in total. The summed E-state index contributed by atoms with van der Waals surface area (Å²) in [7, 11) is 0. The molecule has 1 aromatic rings. The normalized spacial score (nSPS) is 21.5. The van der Waals surface area contributed by atoms with E-state index in [4.69, 9.17) is 0 Å². The Kier molecular flexibility index (Phi) is 6.06. The fourth-order valence-electron chi connectivity index (χ4n) is 4.18. The first-order valence-corrected chi connectivity index (χ1v) is 10.2. The van der Waals surface area contributed by atoms with Gasteiger partial charge in [-0.1, -0.05) is 51.0 Å². The lowest BCUT2D eigenvalue weighted by atomic mass is 9.96. The monoisotopic (exact) mass is 385 g/mol. The van der Waals surface area contributed by atoms with Gasteiger partial charge < -0.3 is 15.5 Å². The highest BCUT2D eigenvalue weighted by Crippen LogP contribution is 2.32. The number of nitrogens with one attached hydrogen (secondary N) is 2. The second-order valence-corrected chi connectivity index (χ2v) is 8.57. The molecule has 0 aromatic heterocycles. The molecule has 1 spiro atoms. The van der Waals surface area contributed by atoms with Crippen LogP contribution in [0.2, 0.25) is 0 Å². The van der Waals surface area contributed by atoms with Gasteiger partial charge in [0.05, 0.1) is 18.5 Å². The standard InChI is InChI=1S/C22H31N3O3/c1-15(2)20(27)23-18-13-25(14-22(24-21(18)28)10-6-7-11-22)19(26)12-17-9-5-4-8-16(17)3/h4-5,8-9,15,18H,6-7,10-14H2,1-3H3,(H,23,27)(H,24,28). The van der Waals surface area contributed by atoms with Crippen molar-refractivity contribution in [2.24, 2.45) is 5.92 Å². The summed E-state index contributed by atoms with van der Waals surface area (Å²) < 4.78 is 0. The van der Waals surface area contributed by atoms with Gasteiger partial charge in [-0.15, -0.1) is 0 Å². The van der Waals surface area contributed by atoms with E-state index in [1.165, 1.54) is 0 Å². The zero-order chi connectivity index (χ0) is 20.3. The number of hydrogen-bond acceptors (Lipinski definition) is 3. The second-order valence-electron chi connectivity index (χ2n) is 8.57. The summed E-state index contributed by atoms with van der Waals surface area (Å²) in [4.78, 5) is 40.0. The van der Waals surface area contributed by atoms with Gasteiger partial charge in [-0.3, -0.25) is 14.4 Å². The Hall–Kier alpha value is -2.37. The van der Waals surface area contributed by atoms with E-state index in [0.717, 1.165) is 36.8 Å². The topological polar surface area (TPSA) is 78.5 Å². The van der Waals surface area contributed by atoms with Crippen LogP contribution in [0.25, 0.3) is 0 Å². The molecule has 6 heteroatoms. The minimum atomic E-state index is -0.712. The molecule has 2 N–H and O–H groups in total. The lowest BCUT2D eigenvalue weighted by molar-refractivity contribution is -0.133. The third-order valence-corrected chi connectivity index (χ3v) is 5.96. The van der Waals surface area contributed by atoms with Gasteiger partial charge in [-0.25, -0.2) is 0 Å². The van der Waals surface area contributed by atoms with Crippen molar-refractivity contribution in [1.29, 1.82) is 0 Å². The summed E-state index contributed by atoms with van der Waals surface area (Å²) in [6.45, 7) is 6.32. The SMILES string of the molecule is Cc1ccccc1CC(=O)N1CC(NC(=O)C(C)C)C(=O)NC2(CCCC2)C1. The van der Waals surface area contributed by atoms with Crippen molar-refractivity contribution in [2.75, 3.05) is 13.1 Å². The predicted molar refractivity (Wildman–Crippen MR) is 108 cm³/mol. The lowest BCUT2D eigenvalue weighted by Crippen LogP contribution is -2.54. The summed E-state index contributed by atoms with van der Waals surface area (Å²) in [5, 5.41) is 5.99. The van der Waals surface area contributed by atoms with E-state index in [1.807, 2.05) is 31.2 Å². The maximum Gasteiger partial charge on any atom is 0.244 e. The molecule has 3 amide bonds. The van der Waals surface area contributed by atoms with Crippen molar-refractivity contribution in [3.8, 4) is 0 Å². The number of amides is 3. The summed E-state index contributed by atoms with van der Waals surface area (Å²) in [6, 6.07) is 7.16. The first-order chi connectivity index (χ1) is 13.3. The zero-order valence-electron chi connectivity index (χ0n) is 17.1. The van der Waals surface area contributed by atoms with Gasteiger partial charge in [0.1, 0.15) is 6.04 Å². The number of aryl methyl sites for hydroxylation is 1. The Morgan fingerprint density at radius 2 is 1.93 bits per heavy atom. The number of nitrogens with zero attached hydrogens (tertiary/aromatic N) is 1. The van der Waals surface area contributed by atoms with E-state index in [0.29, 0.717) is 13.0 Å². The second kappa shape index (κ2) is 8.33. The molecule has 0 bridgehead atoms. The van der Waals surface area contributed by atoms with E-state index < -0.39 is 6.04 Å². The van der Waals surface area contributed by atoms with Crippen molar-refractivity contribution in [1.82, 2.24) is 15.5 Å². The summed E-state index contributed by atoms with van der Waals surface area (Å²) in [5.74, 6) is -0.565. The number of benzene rings is 1. The fourth-order valence-corrected chi connectivity index (χ4v) is 4.18. The molecule has 1 saturated carbocycles. The van der Waals surface area contributed by atoms with Crippen molar-refractivity contribution in [2.45, 2.75) is 64.5 Å². The molecular weight excluding hydrogens is 354 g/mol. The molecule has 1 aliphatic heterocycles. The number of carbonyl (C=O) groups is 3. The molecule has 1 atom stereocenters. The molecule has 1 saturated heterocycles. The van der Waals surface area contributed by atoms with Crippen molar-refractivity contribution >= 4 is 17.7 Å². The number of carbonyl (C=O) groups excluding carboxylic acids is 3. The summed E-state index contributed by atoms with van der Waals surface area (Å²) >= 11 is 0. The van der Waals surface area contributed by atoms with Crippen LogP contribution in [0.15, 0.2) is 24.3 Å². The van der Waals surface area contributed by atoms with Crippen LogP contribution in [0.1, 0.15) is 50.7 Å². The number of hydrogen-bond donors (Lipinski definition) is 2. The Morgan fingerprint density at radius 3 is 2.57 bits per heavy atom. The van der Waals surface area contributed by atoms with E-state index in [1.54, 1.807) is 18.7 Å². The first-order valence-electron chi connectivity index (χ1n) is 10.2. The van der Waals surface area contributed by atoms with Gasteiger partial charge in [0.15, 0.2) is 0 Å². The predicted octanol–water partition coefficient (Wildman–Crippen LogP) is 1.95. The van der Waals surface area contributed by atoms with Crippen molar-refractivity contribution in [3.05, 3.63) is 35.4 Å². The lowest BCUT2D eigenvalue weighted by Gasteiger charge is -2.33. The molecule has 0 radical (unpaired) electrons. The molecule has 3 rings (SSSR count). The largest absolute Gasteiger partial charge is 0.347 e. The third-order valence-electron chi connectivity index (χ3n) is 5.96. The average Bonchev–Trinajstić information content (AvgIpc) is 3.04. The third kappa shape index (κ3) is 4.54. The van der Waals surface area contributed by atoms with Crippen LogP contribution in [0.5, 0.6) is 0 Å². The van der Waals surface area contributed by atoms with Gasteiger partial charge >= 0.3 is 0 Å². The van der Waals surface area contributed by atoms with Crippen LogP contribution in [-0.2, 0) is 20.8 Å². The van der Waals surface area contributed by atoms with E-state index >= 15 is 0 Å². The molecular formula is C22H31N3O3. The zero-order valence-corrected chi connectivity index (χ0v) is 17.1. The Bertz CT molecular complexity index is 753. The first kappa shape index (κ1) is 20.4. The molecule has 2 fully saturated rings. The molecule has 1 aliphatic carbocycles. The highest BCUT2D eigenvalue weighted by molar-refractivity contribution is 5.90. The van der Waals surface area contributed by atoms with Crippen LogP contribution >= 0.6 is 0 Å². The van der Waals surface area contributed by atoms with Crippen LogP contribution < -0.4 is 10.6 Å². The summed E-state index contributed by atoms with van der Waals surface area (Å²) in [5.41, 5.74) is 1.72. The van der Waals surface area contributed by atoms with E-state index in [-0.39, 0.29) is 35.7 Å². The summed E-state index contributed by atoms with van der Waals surface area (Å²) in [6.07, 6.45) is 4.14. The molecule has 1 aromatic carbocycles. The Morgan fingerprint density at radius 1 is 1.25 bits per heavy atom. The maximum atomic E-state index is 13.2. The van der Waals surface area contributed by atoms with Crippen molar-refractivity contribution < 1.29 is 14.4 Å². The number of rotatable bonds is 4. The van der Waals surface area contributed by atoms with Gasteiger partial charge in [-0.2, -0.15) is 0 Å². The van der Waals surface area contributed by atoms with E-state index in [9.17, 15) is 14.4 Å². The molecule has 2 aliphatic rings. The van der Waals surface area contributed by atoms with Crippen LogP contribution in [0, 0.1) is 12.8 Å². The minimum absolute atomic E-state index is 0.000806. The Balaban J connectivity index is 1.82. The van der Waals surface area contributed by atoms with Crippen LogP contribution in [0.4, 0.5) is 0 Å². The molecule has 152 valence electrons. The molecule has 28 heavy (non-hydrogen) atoms. The highest BCUT2D eigenvalue weighted by atomic mass is 16.2. The maximum absolute atomic E-state index is 13.2. The van der Waals surface area contributed by atoms with Crippen LogP contribution in [0.3, 0.4) is 0 Å². The smallest absolute Gasteiger partial charge is 0.244 e.